The van der Waals surface area contributed by atoms with E-state index < -0.39 is 5.91 Å². The van der Waals surface area contributed by atoms with Gasteiger partial charge in [-0.1, -0.05) is 36.9 Å². The molecule has 1 unspecified atom stereocenters. The first-order valence-electron chi connectivity index (χ1n) is 6.71. The van der Waals surface area contributed by atoms with Crippen molar-refractivity contribution >= 4 is 11.5 Å². The Labute approximate surface area is 118 Å². The third-order valence-corrected chi connectivity index (χ3v) is 3.20. The maximum Gasteiger partial charge on any atom is 0.286 e. The van der Waals surface area contributed by atoms with Crippen LogP contribution in [0.3, 0.4) is 0 Å². The SMILES string of the molecule is C=C(/C=C(\O)C(=O)NCC1CCCO1)c1ccccc1. The van der Waals surface area contributed by atoms with Crippen molar-refractivity contribution < 1.29 is 14.6 Å². The molecule has 0 radical (unpaired) electrons. The van der Waals surface area contributed by atoms with Gasteiger partial charge in [0.05, 0.1) is 6.10 Å². The molecule has 1 atom stereocenters. The zero-order chi connectivity index (χ0) is 14.4. The van der Waals surface area contributed by atoms with E-state index in [2.05, 4.69) is 11.9 Å². The molecule has 1 amide bonds. The van der Waals surface area contributed by atoms with Crippen LogP contribution in [-0.4, -0.2) is 30.3 Å². The molecular weight excluding hydrogens is 254 g/mol. The number of nitrogens with one attached hydrogen (secondary N) is 1. The molecule has 1 fully saturated rings. The number of amides is 1. The van der Waals surface area contributed by atoms with E-state index in [0.717, 1.165) is 25.0 Å². The first-order valence-corrected chi connectivity index (χ1v) is 6.71. The Bertz CT molecular complexity index is 502. The van der Waals surface area contributed by atoms with Gasteiger partial charge in [0.2, 0.25) is 0 Å². The summed E-state index contributed by atoms with van der Waals surface area (Å²) in [4.78, 5) is 11.7. The van der Waals surface area contributed by atoms with E-state index in [9.17, 15) is 9.90 Å². The molecule has 0 bridgehead atoms. The van der Waals surface area contributed by atoms with Gasteiger partial charge in [-0.3, -0.25) is 4.79 Å². The first kappa shape index (κ1) is 14.3. The minimum absolute atomic E-state index is 0.0593. The highest BCUT2D eigenvalue weighted by Gasteiger charge is 2.17. The molecule has 2 rings (SSSR count). The highest BCUT2D eigenvalue weighted by molar-refractivity contribution is 5.94. The summed E-state index contributed by atoms with van der Waals surface area (Å²) in [5, 5.41) is 12.4. The number of ether oxygens (including phenoxy) is 1. The van der Waals surface area contributed by atoms with Crippen molar-refractivity contribution in [3.8, 4) is 0 Å². The average Bonchev–Trinajstić information content (AvgIpc) is 2.98. The van der Waals surface area contributed by atoms with E-state index >= 15 is 0 Å². The van der Waals surface area contributed by atoms with Crippen molar-refractivity contribution in [3.63, 3.8) is 0 Å². The molecule has 0 saturated carbocycles. The lowest BCUT2D eigenvalue weighted by Gasteiger charge is -2.10. The topological polar surface area (TPSA) is 58.6 Å². The van der Waals surface area contributed by atoms with Crippen molar-refractivity contribution in [2.75, 3.05) is 13.2 Å². The number of carbonyl (C=O) groups excluding carboxylic acids is 1. The molecule has 1 aromatic rings. The molecule has 1 saturated heterocycles. The summed E-state index contributed by atoms with van der Waals surface area (Å²) in [5.74, 6) is -0.838. The van der Waals surface area contributed by atoms with Crippen molar-refractivity contribution in [1.29, 1.82) is 0 Å². The van der Waals surface area contributed by atoms with E-state index in [0.29, 0.717) is 12.1 Å². The minimum Gasteiger partial charge on any atom is -0.503 e. The third-order valence-electron chi connectivity index (χ3n) is 3.20. The summed E-state index contributed by atoms with van der Waals surface area (Å²) in [6.07, 6.45) is 3.40. The number of hydrogen-bond donors (Lipinski definition) is 2. The maximum atomic E-state index is 11.7. The predicted molar refractivity (Wildman–Crippen MR) is 78.2 cm³/mol. The second-order valence-corrected chi connectivity index (χ2v) is 4.77. The number of hydrogen-bond acceptors (Lipinski definition) is 3. The summed E-state index contributed by atoms with van der Waals surface area (Å²) >= 11 is 0. The first-order chi connectivity index (χ1) is 9.66. The van der Waals surface area contributed by atoms with Crippen molar-refractivity contribution in [1.82, 2.24) is 5.32 Å². The predicted octanol–water partition coefficient (Wildman–Crippen LogP) is 2.44. The second-order valence-electron chi connectivity index (χ2n) is 4.77. The van der Waals surface area contributed by atoms with E-state index in [1.807, 2.05) is 30.3 Å². The smallest absolute Gasteiger partial charge is 0.286 e. The maximum absolute atomic E-state index is 11.7. The molecule has 4 heteroatoms. The molecule has 0 spiro atoms. The molecule has 1 aromatic carbocycles. The zero-order valence-corrected chi connectivity index (χ0v) is 11.3. The van der Waals surface area contributed by atoms with Crippen LogP contribution in [0.25, 0.3) is 5.57 Å². The molecule has 1 aliphatic heterocycles. The highest BCUT2D eigenvalue weighted by atomic mass is 16.5. The van der Waals surface area contributed by atoms with E-state index in [4.69, 9.17) is 4.74 Å². The lowest BCUT2D eigenvalue weighted by atomic mass is 10.1. The molecule has 20 heavy (non-hydrogen) atoms. The Kier molecular flexibility index (Phi) is 4.96. The van der Waals surface area contributed by atoms with Crippen molar-refractivity contribution in [3.05, 3.63) is 54.3 Å². The molecule has 106 valence electrons. The van der Waals surface area contributed by atoms with Gasteiger partial charge >= 0.3 is 0 Å². The molecule has 2 N–H and O–H groups in total. The normalized spacial score (nSPS) is 18.8. The van der Waals surface area contributed by atoms with Crippen LogP contribution in [0.5, 0.6) is 0 Å². The standard InChI is InChI=1S/C16H19NO3/c1-12(13-6-3-2-4-7-13)10-15(18)16(19)17-11-14-8-5-9-20-14/h2-4,6-7,10,14,18H,1,5,8-9,11H2,(H,17,19)/b15-10-. The van der Waals surface area contributed by atoms with Gasteiger partial charge in [0.25, 0.3) is 5.91 Å². The van der Waals surface area contributed by atoms with Crippen molar-refractivity contribution in [2.24, 2.45) is 0 Å². The van der Waals surface area contributed by atoms with Crippen LogP contribution in [-0.2, 0) is 9.53 Å². The monoisotopic (exact) mass is 273 g/mol. The van der Waals surface area contributed by atoms with Gasteiger partial charge in [-0.05, 0) is 30.1 Å². The van der Waals surface area contributed by atoms with Crippen molar-refractivity contribution in [2.45, 2.75) is 18.9 Å². The van der Waals surface area contributed by atoms with Crippen LogP contribution in [0.4, 0.5) is 0 Å². The van der Waals surface area contributed by atoms with Gasteiger partial charge in [0.15, 0.2) is 5.76 Å². The van der Waals surface area contributed by atoms with E-state index in [-0.39, 0.29) is 11.9 Å². The van der Waals surface area contributed by atoms with Gasteiger partial charge in [0, 0.05) is 13.2 Å². The number of carbonyl (C=O) groups is 1. The van der Waals surface area contributed by atoms with Gasteiger partial charge < -0.3 is 15.2 Å². The van der Waals surface area contributed by atoms with Crippen LogP contribution in [0, 0.1) is 0 Å². The van der Waals surface area contributed by atoms with E-state index in [1.165, 1.54) is 6.08 Å². The molecular formula is C16H19NO3. The van der Waals surface area contributed by atoms with Crippen LogP contribution in [0.2, 0.25) is 0 Å². The summed E-state index contributed by atoms with van der Waals surface area (Å²) in [5.41, 5.74) is 1.46. The molecule has 1 heterocycles. The van der Waals surface area contributed by atoms with Crippen LogP contribution in [0.15, 0.2) is 48.7 Å². The Morgan fingerprint density at radius 3 is 2.85 bits per heavy atom. The summed E-state index contributed by atoms with van der Waals surface area (Å²) in [7, 11) is 0. The summed E-state index contributed by atoms with van der Waals surface area (Å²) in [6.45, 7) is 5.01. The number of allylic oxidation sites excluding steroid dienone is 2. The molecule has 0 aromatic heterocycles. The Hall–Kier alpha value is -2.07. The Balaban J connectivity index is 1.88. The largest absolute Gasteiger partial charge is 0.503 e. The lowest BCUT2D eigenvalue weighted by molar-refractivity contribution is -0.120. The van der Waals surface area contributed by atoms with Gasteiger partial charge in [0.1, 0.15) is 0 Å². The fourth-order valence-electron chi connectivity index (χ4n) is 2.07. The molecule has 0 aliphatic carbocycles. The number of benzene rings is 1. The highest BCUT2D eigenvalue weighted by Crippen LogP contribution is 2.14. The average molecular weight is 273 g/mol. The van der Waals surface area contributed by atoms with Crippen LogP contribution < -0.4 is 5.32 Å². The zero-order valence-electron chi connectivity index (χ0n) is 11.3. The quantitative estimate of drug-likeness (QED) is 0.492. The molecule has 1 aliphatic rings. The number of aliphatic hydroxyl groups is 1. The minimum atomic E-state index is -0.502. The molecule has 4 nitrogen and oxygen atoms in total. The fourth-order valence-corrected chi connectivity index (χ4v) is 2.07. The third kappa shape index (κ3) is 3.96. The fraction of sp³-hybridized carbons (Fsp3) is 0.312. The summed E-state index contributed by atoms with van der Waals surface area (Å²) in [6, 6.07) is 9.40. The van der Waals surface area contributed by atoms with Gasteiger partial charge in [-0.15, -0.1) is 0 Å². The lowest BCUT2D eigenvalue weighted by Crippen LogP contribution is -2.32. The van der Waals surface area contributed by atoms with Crippen LogP contribution >= 0.6 is 0 Å². The summed E-state index contributed by atoms with van der Waals surface area (Å²) < 4.78 is 5.40. The number of rotatable bonds is 5. The second kappa shape index (κ2) is 6.91. The van der Waals surface area contributed by atoms with Gasteiger partial charge in [-0.2, -0.15) is 0 Å². The Morgan fingerprint density at radius 2 is 2.20 bits per heavy atom. The Morgan fingerprint density at radius 1 is 1.45 bits per heavy atom. The van der Waals surface area contributed by atoms with Crippen LogP contribution in [0.1, 0.15) is 18.4 Å². The van der Waals surface area contributed by atoms with E-state index in [1.54, 1.807) is 0 Å². The van der Waals surface area contributed by atoms with Gasteiger partial charge in [-0.25, -0.2) is 0 Å². The number of aliphatic hydroxyl groups excluding tert-OH is 1.